The maximum atomic E-state index is 9.01. The van der Waals surface area contributed by atoms with E-state index in [2.05, 4.69) is 48.4 Å². The summed E-state index contributed by atoms with van der Waals surface area (Å²) in [5, 5.41) is 16.4. The van der Waals surface area contributed by atoms with Crippen LogP contribution in [-0.4, -0.2) is 17.1 Å². The third-order valence-electron chi connectivity index (χ3n) is 3.95. The predicted molar refractivity (Wildman–Crippen MR) is 98.7 cm³/mol. The van der Waals surface area contributed by atoms with Crippen LogP contribution in [0.25, 0.3) is 0 Å². The number of nitrogens with zero attached hydrogens (tertiary/aromatic N) is 2. The van der Waals surface area contributed by atoms with Crippen molar-refractivity contribution in [3.63, 3.8) is 0 Å². The molecular weight excluding hydrogens is 300 g/mol. The average molecular weight is 324 g/mol. The minimum Gasteiger partial charge on any atom is -0.411 e. The third-order valence-corrected chi connectivity index (χ3v) is 3.95. The van der Waals surface area contributed by atoms with Gasteiger partial charge in [-0.15, -0.1) is 0 Å². The first-order chi connectivity index (χ1) is 11.3. The van der Waals surface area contributed by atoms with Gasteiger partial charge in [0.1, 0.15) is 5.71 Å². The van der Waals surface area contributed by atoms with Gasteiger partial charge in [0.2, 0.25) is 0 Å². The first kappa shape index (κ1) is 17.7. The van der Waals surface area contributed by atoms with Crippen molar-refractivity contribution < 1.29 is 10.0 Å². The standard InChI is InChI=1S/C20H24N2O2/c1-12-7-14(3)19(15(4)8-12)18(11-21-23)22-24-20-16(5)9-13(2)10-17(20)6/h7-11,23H,1-6H3. The smallest absolute Gasteiger partial charge is 0.163 e. The Balaban J connectivity index is 2.48. The second-order valence-corrected chi connectivity index (χ2v) is 6.31. The average Bonchev–Trinajstić information content (AvgIpc) is 2.44. The monoisotopic (exact) mass is 324 g/mol. The summed E-state index contributed by atoms with van der Waals surface area (Å²) in [4.78, 5) is 5.72. The zero-order chi connectivity index (χ0) is 17.9. The molecule has 4 nitrogen and oxygen atoms in total. The van der Waals surface area contributed by atoms with E-state index in [-0.39, 0.29) is 0 Å². The van der Waals surface area contributed by atoms with Crippen molar-refractivity contribution in [1.82, 2.24) is 0 Å². The minimum absolute atomic E-state index is 0.492. The van der Waals surface area contributed by atoms with Crippen LogP contribution in [0.5, 0.6) is 5.75 Å². The summed E-state index contributed by atoms with van der Waals surface area (Å²) in [7, 11) is 0. The summed E-state index contributed by atoms with van der Waals surface area (Å²) in [5.41, 5.74) is 7.94. The summed E-state index contributed by atoms with van der Waals surface area (Å²) in [6, 6.07) is 8.26. The number of oxime groups is 2. The van der Waals surface area contributed by atoms with E-state index in [1.54, 1.807) is 0 Å². The van der Waals surface area contributed by atoms with Crippen LogP contribution in [0.3, 0.4) is 0 Å². The molecule has 0 radical (unpaired) electrons. The highest BCUT2D eigenvalue weighted by molar-refractivity contribution is 6.38. The lowest BCUT2D eigenvalue weighted by Gasteiger charge is -2.12. The molecule has 0 saturated heterocycles. The van der Waals surface area contributed by atoms with Gasteiger partial charge in [0.05, 0.1) is 6.21 Å². The Bertz CT molecular complexity index is 774. The second-order valence-electron chi connectivity index (χ2n) is 6.31. The second kappa shape index (κ2) is 7.30. The number of rotatable bonds is 4. The Morgan fingerprint density at radius 2 is 1.29 bits per heavy atom. The third kappa shape index (κ3) is 3.82. The summed E-state index contributed by atoms with van der Waals surface area (Å²) in [6.45, 7) is 12.1. The highest BCUT2D eigenvalue weighted by Gasteiger charge is 2.12. The largest absolute Gasteiger partial charge is 0.411 e. The molecule has 126 valence electrons. The maximum Gasteiger partial charge on any atom is 0.163 e. The molecule has 0 aromatic heterocycles. The zero-order valence-corrected chi connectivity index (χ0v) is 15.1. The lowest BCUT2D eigenvalue weighted by Crippen LogP contribution is -2.10. The first-order valence-electron chi connectivity index (χ1n) is 7.92. The SMILES string of the molecule is Cc1cc(C)c(ON=C(C=NO)c2c(C)cc(C)cc2C)c(C)c1. The summed E-state index contributed by atoms with van der Waals surface area (Å²) >= 11 is 0. The van der Waals surface area contributed by atoms with Crippen LogP contribution < -0.4 is 4.84 Å². The number of benzene rings is 2. The molecule has 0 fully saturated rings. The Labute approximate surface area is 143 Å². The molecule has 2 aromatic carbocycles. The fraction of sp³-hybridized carbons (Fsp3) is 0.300. The van der Waals surface area contributed by atoms with Crippen LogP contribution in [0, 0.1) is 41.5 Å². The molecule has 2 aromatic rings. The van der Waals surface area contributed by atoms with Crippen LogP contribution in [0.4, 0.5) is 0 Å². The minimum atomic E-state index is 0.492. The summed E-state index contributed by atoms with van der Waals surface area (Å²) in [5.74, 6) is 0.729. The van der Waals surface area contributed by atoms with Gasteiger partial charge in [-0.05, 0) is 63.8 Å². The Kier molecular flexibility index (Phi) is 5.39. The molecule has 0 aliphatic rings. The zero-order valence-electron chi connectivity index (χ0n) is 15.1. The molecule has 0 spiro atoms. The molecule has 0 amide bonds. The molecule has 2 rings (SSSR count). The summed E-state index contributed by atoms with van der Waals surface area (Å²) < 4.78 is 0. The molecule has 0 heterocycles. The Morgan fingerprint density at radius 1 is 0.833 bits per heavy atom. The fourth-order valence-electron chi connectivity index (χ4n) is 3.18. The van der Waals surface area contributed by atoms with Crippen LogP contribution in [0.1, 0.15) is 38.9 Å². The van der Waals surface area contributed by atoms with E-state index < -0.39 is 0 Å². The van der Waals surface area contributed by atoms with Gasteiger partial charge in [-0.25, -0.2) is 0 Å². The quantitative estimate of drug-likeness (QED) is 0.500. The number of hydrogen-bond donors (Lipinski definition) is 1. The maximum absolute atomic E-state index is 9.01. The Morgan fingerprint density at radius 3 is 1.75 bits per heavy atom. The van der Waals surface area contributed by atoms with Crippen molar-refractivity contribution in [3.8, 4) is 5.75 Å². The normalized spacial score (nSPS) is 12.0. The van der Waals surface area contributed by atoms with E-state index in [1.165, 1.54) is 17.3 Å². The van der Waals surface area contributed by atoms with Crippen LogP contribution in [-0.2, 0) is 0 Å². The van der Waals surface area contributed by atoms with Crippen molar-refractivity contribution in [2.45, 2.75) is 41.5 Å². The molecular formula is C20H24N2O2. The van der Waals surface area contributed by atoms with E-state index in [1.807, 2.05) is 27.7 Å². The van der Waals surface area contributed by atoms with E-state index >= 15 is 0 Å². The molecule has 0 unspecified atom stereocenters. The summed E-state index contributed by atoms with van der Waals surface area (Å²) in [6.07, 6.45) is 1.31. The predicted octanol–water partition coefficient (Wildman–Crippen LogP) is 4.78. The van der Waals surface area contributed by atoms with Gasteiger partial charge in [-0.3, -0.25) is 0 Å². The lowest BCUT2D eigenvalue weighted by molar-refractivity contribution is 0.321. The van der Waals surface area contributed by atoms with E-state index in [0.29, 0.717) is 5.71 Å². The van der Waals surface area contributed by atoms with Gasteiger partial charge < -0.3 is 10.0 Å². The van der Waals surface area contributed by atoms with Gasteiger partial charge in [0.25, 0.3) is 0 Å². The van der Waals surface area contributed by atoms with Crippen molar-refractivity contribution in [3.05, 3.63) is 63.2 Å². The van der Waals surface area contributed by atoms with E-state index in [4.69, 9.17) is 10.0 Å². The van der Waals surface area contributed by atoms with Crippen LogP contribution in [0.15, 0.2) is 34.6 Å². The fourth-order valence-corrected chi connectivity index (χ4v) is 3.18. The van der Waals surface area contributed by atoms with Crippen molar-refractivity contribution in [1.29, 1.82) is 0 Å². The number of aryl methyl sites for hydroxylation is 6. The Hall–Kier alpha value is -2.62. The van der Waals surface area contributed by atoms with Gasteiger partial charge in [0, 0.05) is 5.56 Å². The highest BCUT2D eigenvalue weighted by Crippen LogP contribution is 2.25. The highest BCUT2D eigenvalue weighted by atomic mass is 16.6. The van der Waals surface area contributed by atoms with Gasteiger partial charge in [-0.1, -0.05) is 45.7 Å². The van der Waals surface area contributed by atoms with Crippen LogP contribution >= 0.6 is 0 Å². The molecule has 0 bridgehead atoms. The molecule has 0 aliphatic heterocycles. The molecule has 0 aliphatic carbocycles. The molecule has 0 atom stereocenters. The topological polar surface area (TPSA) is 54.2 Å². The molecule has 0 saturated carbocycles. The number of hydrogen-bond acceptors (Lipinski definition) is 4. The molecule has 1 N–H and O–H groups in total. The van der Waals surface area contributed by atoms with Crippen molar-refractivity contribution in [2.24, 2.45) is 10.3 Å². The molecule has 24 heavy (non-hydrogen) atoms. The van der Waals surface area contributed by atoms with Gasteiger partial charge >= 0.3 is 0 Å². The molecule has 4 heteroatoms. The van der Waals surface area contributed by atoms with Gasteiger partial charge in [-0.2, -0.15) is 0 Å². The van der Waals surface area contributed by atoms with E-state index in [0.717, 1.165) is 33.6 Å². The van der Waals surface area contributed by atoms with Gasteiger partial charge in [0.15, 0.2) is 5.75 Å². The lowest BCUT2D eigenvalue weighted by atomic mass is 9.96. The van der Waals surface area contributed by atoms with Crippen LogP contribution in [0.2, 0.25) is 0 Å². The first-order valence-corrected chi connectivity index (χ1v) is 7.92. The van der Waals surface area contributed by atoms with E-state index in [9.17, 15) is 0 Å². The van der Waals surface area contributed by atoms with Crippen molar-refractivity contribution in [2.75, 3.05) is 0 Å². The van der Waals surface area contributed by atoms with Crippen molar-refractivity contribution >= 4 is 11.9 Å².